The van der Waals surface area contributed by atoms with Gasteiger partial charge in [0, 0.05) is 56.9 Å². The average Bonchev–Trinajstić information content (AvgIpc) is 3.66. The van der Waals surface area contributed by atoms with Crippen LogP contribution in [0.25, 0.3) is 0 Å². The molecule has 2 saturated heterocycles. The molecule has 2 bridgehead atoms. The minimum Gasteiger partial charge on any atom is -0.493 e. The Morgan fingerprint density at radius 3 is 2.54 bits per heavy atom. The molecule has 4 atom stereocenters. The Hall–Kier alpha value is -3.14. The molecule has 10 heteroatoms. The van der Waals surface area contributed by atoms with Gasteiger partial charge in [0.25, 0.3) is 0 Å². The van der Waals surface area contributed by atoms with Crippen molar-refractivity contribution in [2.45, 2.75) is 51.7 Å². The number of amides is 2. The molecular weight excluding hydrogens is 480 g/mol. The van der Waals surface area contributed by atoms with Crippen molar-refractivity contribution in [1.29, 1.82) is 0 Å². The van der Waals surface area contributed by atoms with Crippen LogP contribution in [0.5, 0.6) is 5.75 Å². The van der Waals surface area contributed by atoms with Crippen molar-refractivity contribution in [2.24, 2.45) is 17.8 Å². The van der Waals surface area contributed by atoms with Gasteiger partial charge in [0.2, 0.25) is 5.91 Å². The molecule has 37 heavy (non-hydrogen) atoms. The zero-order chi connectivity index (χ0) is 26.9. The van der Waals surface area contributed by atoms with E-state index in [9.17, 15) is 19.2 Å². The number of hydrogen-bond donors (Lipinski definition) is 0. The molecule has 2 heterocycles. The van der Waals surface area contributed by atoms with Crippen molar-refractivity contribution >= 4 is 29.4 Å². The second-order valence-corrected chi connectivity index (χ2v) is 10.6. The highest BCUT2D eigenvalue weighted by Gasteiger charge is 2.57. The van der Waals surface area contributed by atoms with E-state index in [4.69, 9.17) is 18.9 Å². The van der Waals surface area contributed by atoms with Gasteiger partial charge >= 0.3 is 12.1 Å². The number of Topliss-reactive ketones (excluding diaryl/α,β-unsaturated/α-hetero) is 1. The number of rotatable bonds is 8. The van der Waals surface area contributed by atoms with Crippen LogP contribution in [0.2, 0.25) is 0 Å². The second-order valence-electron chi connectivity index (χ2n) is 10.6. The Morgan fingerprint density at radius 2 is 1.86 bits per heavy atom. The smallest absolute Gasteiger partial charge is 0.410 e. The van der Waals surface area contributed by atoms with Crippen molar-refractivity contribution in [2.75, 3.05) is 45.4 Å². The first kappa shape index (κ1) is 26.9. The molecule has 202 valence electrons. The number of esters is 1. The lowest BCUT2D eigenvalue weighted by Gasteiger charge is -2.41. The number of anilines is 1. The summed E-state index contributed by atoms with van der Waals surface area (Å²) in [6.45, 7) is 6.36. The van der Waals surface area contributed by atoms with Gasteiger partial charge in [-0.25, -0.2) is 4.79 Å². The van der Waals surface area contributed by atoms with Crippen LogP contribution in [0.15, 0.2) is 18.2 Å². The maximum atomic E-state index is 14.1. The van der Waals surface area contributed by atoms with E-state index < -0.39 is 29.5 Å². The van der Waals surface area contributed by atoms with Crippen molar-refractivity contribution in [1.82, 2.24) is 4.90 Å². The largest absolute Gasteiger partial charge is 0.493 e. The maximum absolute atomic E-state index is 14.1. The summed E-state index contributed by atoms with van der Waals surface area (Å²) in [6.07, 6.45) is 1.07. The third-order valence-corrected chi connectivity index (χ3v) is 7.53. The molecule has 10 nitrogen and oxygen atoms in total. The van der Waals surface area contributed by atoms with E-state index in [2.05, 4.69) is 0 Å². The molecule has 3 aliphatic rings. The van der Waals surface area contributed by atoms with Gasteiger partial charge in [-0.15, -0.1) is 0 Å². The number of methoxy groups -OCH3 is 2. The lowest BCUT2D eigenvalue weighted by Crippen LogP contribution is -2.54. The first-order chi connectivity index (χ1) is 17.6. The number of ketones is 1. The van der Waals surface area contributed by atoms with Crippen LogP contribution in [0.4, 0.5) is 10.5 Å². The van der Waals surface area contributed by atoms with E-state index >= 15 is 0 Å². The van der Waals surface area contributed by atoms with Gasteiger partial charge in [-0.3, -0.25) is 14.4 Å². The summed E-state index contributed by atoms with van der Waals surface area (Å²) in [4.78, 5) is 55.0. The minimum atomic E-state index is -0.815. The molecule has 1 aromatic carbocycles. The van der Waals surface area contributed by atoms with Crippen LogP contribution in [0, 0.1) is 17.8 Å². The molecule has 1 saturated carbocycles. The number of benzene rings is 1. The predicted octanol–water partition coefficient (Wildman–Crippen LogP) is 3.07. The van der Waals surface area contributed by atoms with Gasteiger partial charge in [0.05, 0.1) is 31.1 Å². The number of hydrogen-bond acceptors (Lipinski definition) is 8. The maximum Gasteiger partial charge on any atom is 0.410 e. The van der Waals surface area contributed by atoms with E-state index in [-0.39, 0.29) is 43.2 Å². The van der Waals surface area contributed by atoms with E-state index in [1.54, 1.807) is 30.2 Å². The van der Waals surface area contributed by atoms with Crippen LogP contribution in [0.1, 0.15) is 50.4 Å². The zero-order valence-electron chi connectivity index (χ0n) is 22.2. The topological polar surface area (TPSA) is 112 Å². The van der Waals surface area contributed by atoms with Gasteiger partial charge in [0.1, 0.15) is 11.4 Å². The van der Waals surface area contributed by atoms with Crippen molar-refractivity contribution in [3.8, 4) is 5.75 Å². The Bertz CT molecular complexity index is 1070. The van der Waals surface area contributed by atoms with Crippen LogP contribution >= 0.6 is 0 Å². The molecule has 0 N–H and O–H groups in total. The third kappa shape index (κ3) is 5.58. The van der Waals surface area contributed by atoms with Crippen LogP contribution in [0.3, 0.4) is 0 Å². The van der Waals surface area contributed by atoms with E-state index in [1.165, 1.54) is 18.9 Å². The van der Waals surface area contributed by atoms with Crippen molar-refractivity contribution < 1.29 is 38.1 Å². The highest BCUT2D eigenvalue weighted by molar-refractivity contribution is 6.00. The monoisotopic (exact) mass is 516 g/mol. The summed E-state index contributed by atoms with van der Waals surface area (Å²) in [5.74, 6) is -1.65. The van der Waals surface area contributed by atoms with Gasteiger partial charge in [-0.2, -0.15) is 0 Å². The third-order valence-electron chi connectivity index (χ3n) is 7.53. The lowest BCUT2D eigenvalue weighted by molar-refractivity contribution is -0.148. The molecule has 2 amide bonds. The van der Waals surface area contributed by atoms with Crippen molar-refractivity contribution in [3.05, 3.63) is 23.8 Å². The molecule has 0 spiro atoms. The van der Waals surface area contributed by atoms with Gasteiger partial charge < -0.3 is 28.7 Å². The Labute approximate surface area is 217 Å². The van der Waals surface area contributed by atoms with Gasteiger partial charge in [-0.05, 0) is 45.7 Å². The normalized spacial score (nSPS) is 26.6. The number of cyclic esters (lactones) is 1. The van der Waals surface area contributed by atoms with E-state index in [0.29, 0.717) is 43.1 Å². The van der Waals surface area contributed by atoms with E-state index in [0.717, 1.165) is 0 Å². The molecular formula is C27H36N2O8. The first-order valence-corrected chi connectivity index (χ1v) is 12.7. The summed E-state index contributed by atoms with van der Waals surface area (Å²) in [6, 6.07) is 4.99. The molecule has 1 aromatic rings. The average molecular weight is 517 g/mol. The number of ether oxygens (including phenoxy) is 4. The molecule has 2 aliphatic heterocycles. The van der Waals surface area contributed by atoms with Crippen LogP contribution in [-0.4, -0.2) is 80.8 Å². The number of carbonyl (C=O) groups is 4. The number of nitrogens with zero attached hydrogens (tertiary/aromatic N) is 2. The fourth-order valence-corrected chi connectivity index (χ4v) is 5.48. The quantitative estimate of drug-likeness (QED) is 0.294. The highest BCUT2D eigenvalue weighted by Crippen LogP contribution is 2.49. The Kier molecular flexibility index (Phi) is 7.77. The number of piperidine rings is 1. The minimum absolute atomic E-state index is 0.0598. The molecule has 0 radical (unpaired) electrons. The lowest BCUT2D eigenvalue weighted by atomic mass is 9.87. The SMILES string of the molecule is COCCCOc1cc(N2C(=O)[C@@H]3C[C@H](C(=O)OC)CN(C3)C(=O)OC(C)(C)C3CC32)ccc1C(C)=O. The summed E-state index contributed by atoms with van der Waals surface area (Å²) in [5.41, 5.74) is 0.231. The summed E-state index contributed by atoms with van der Waals surface area (Å²) in [7, 11) is 2.91. The molecule has 3 fully saturated rings. The van der Waals surface area contributed by atoms with Crippen LogP contribution in [-0.2, 0) is 23.8 Å². The van der Waals surface area contributed by atoms with Gasteiger partial charge in [0.15, 0.2) is 5.78 Å². The van der Waals surface area contributed by atoms with Crippen molar-refractivity contribution in [3.63, 3.8) is 0 Å². The predicted molar refractivity (Wildman–Crippen MR) is 134 cm³/mol. The fraction of sp³-hybridized carbons (Fsp3) is 0.630. The number of carbonyl (C=O) groups excluding carboxylic acids is 4. The highest BCUT2D eigenvalue weighted by atomic mass is 16.6. The molecule has 0 aromatic heterocycles. The van der Waals surface area contributed by atoms with Crippen LogP contribution < -0.4 is 9.64 Å². The van der Waals surface area contributed by atoms with Gasteiger partial charge in [-0.1, -0.05) is 0 Å². The summed E-state index contributed by atoms with van der Waals surface area (Å²) < 4.78 is 21.9. The summed E-state index contributed by atoms with van der Waals surface area (Å²) in [5, 5.41) is 0. The number of fused-ring (bicyclic) bond motifs is 3. The van der Waals surface area contributed by atoms with E-state index in [1.807, 2.05) is 13.8 Å². The first-order valence-electron chi connectivity index (χ1n) is 12.7. The second kappa shape index (κ2) is 10.7. The standard InChI is InChI=1S/C27H36N2O8/c1-16(30)20-8-7-19(12-23(20)36-10-6-9-34-4)29-22-13-21(22)27(2,3)37-26(33)28-14-17(24(29)31)11-18(15-28)25(32)35-5/h7-8,12,17-18,21-22H,6,9-11,13-15H2,1-5H3/t17-,18+,21?,22?/m1/s1. The molecule has 1 aliphatic carbocycles. The Morgan fingerprint density at radius 1 is 1.11 bits per heavy atom. The molecule has 2 unspecified atom stereocenters. The fourth-order valence-electron chi connectivity index (χ4n) is 5.48. The Balaban J connectivity index is 1.71. The summed E-state index contributed by atoms with van der Waals surface area (Å²) >= 11 is 0. The molecule has 4 rings (SSSR count). The zero-order valence-corrected chi connectivity index (χ0v) is 22.2.